The molecule has 0 atom stereocenters. The molecule has 0 saturated carbocycles. The quantitative estimate of drug-likeness (QED) is 0.774. The summed E-state index contributed by atoms with van der Waals surface area (Å²) in [5.41, 5.74) is 6.64. The third-order valence-electron chi connectivity index (χ3n) is 2.12. The molecule has 4 heteroatoms. The van der Waals surface area contributed by atoms with Crippen molar-refractivity contribution in [2.45, 2.75) is 12.8 Å². The van der Waals surface area contributed by atoms with Crippen LogP contribution >= 0.6 is 0 Å². The number of phenols is 1. The Kier molecular flexibility index (Phi) is 3.95. The summed E-state index contributed by atoms with van der Waals surface area (Å²) in [4.78, 5) is 0. The Morgan fingerprint density at radius 2 is 2.27 bits per heavy atom. The highest BCUT2D eigenvalue weighted by atomic mass is 16.5. The molecule has 0 amide bonds. The van der Waals surface area contributed by atoms with Crippen molar-refractivity contribution in [3.63, 3.8) is 0 Å². The van der Waals surface area contributed by atoms with Crippen molar-refractivity contribution in [1.82, 2.24) is 0 Å². The Hall–Kier alpha value is -1.73. The molecule has 0 unspecified atom stereocenters. The standard InChI is InChI=1S/C11H14N2O2/c1-15-11-9(7-13)5-8(3-2-4-12)6-10(11)14/h5-6,14H,2-4,12H2,1H3. The van der Waals surface area contributed by atoms with Gasteiger partial charge in [-0.2, -0.15) is 5.26 Å². The molecule has 0 aliphatic rings. The van der Waals surface area contributed by atoms with Crippen LogP contribution in [0.4, 0.5) is 0 Å². The van der Waals surface area contributed by atoms with Crippen LogP contribution in [0.1, 0.15) is 17.5 Å². The molecular formula is C11H14N2O2. The van der Waals surface area contributed by atoms with Crippen LogP contribution in [0.25, 0.3) is 0 Å². The topological polar surface area (TPSA) is 79.3 Å². The molecule has 3 N–H and O–H groups in total. The van der Waals surface area contributed by atoms with Gasteiger partial charge >= 0.3 is 0 Å². The van der Waals surface area contributed by atoms with Crippen LogP contribution in [0.3, 0.4) is 0 Å². The van der Waals surface area contributed by atoms with Crippen LogP contribution in [0.5, 0.6) is 11.5 Å². The predicted molar refractivity (Wildman–Crippen MR) is 56.7 cm³/mol. The molecule has 1 rings (SSSR count). The molecule has 0 heterocycles. The highest BCUT2D eigenvalue weighted by Crippen LogP contribution is 2.31. The van der Waals surface area contributed by atoms with Crippen LogP contribution in [-0.4, -0.2) is 18.8 Å². The fourth-order valence-electron chi connectivity index (χ4n) is 1.42. The van der Waals surface area contributed by atoms with Crippen LogP contribution in [0.15, 0.2) is 12.1 Å². The Labute approximate surface area is 88.9 Å². The van der Waals surface area contributed by atoms with E-state index in [1.54, 1.807) is 12.1 Å². The van der Waals surface area contributed by atoms with Crippen molar-refractivity contribution in [3.05, 3.63) is 23.3 Å². The molecule has 0 aromatic heterocycles. The summed E-state index contributed by atoms with van der Waals surface area (Å²) in [5.74, 6) is 0.234. The van der Waals surface area contributed by atoms with Crippen molar-refractivity contribution >= 4 is 0 Å². The molecule has 0 aliphatic carbocycles. The minimum atomic E-state index is 0.00331. The number of hydrogen-bond acceptors (Lipinski definition) is 4. The molecule has 4 nitrogen and oxygen atoms in total. The lowest BCUT2D eigenvalue weighted by molar-refractivity contribution is 0.372. The zero-order valence-corrected chi connectivity index (χ0v) is 8.66. The second-order valence-electron chi connectivity index (χ2n) is 3.20. The number of ether oxygens (including phenoxy) is 1. The number of benzene rings is 1. The minimum absolute atomic E-state index is 0.00331. The first kappa shape index (κ1) is 11.3. The van der Waals surface area contributed by atoms with E-state index in [1.807, 2.05) is 6.07 Å². The van der Waals surface area contributed by atoms with Crippen LogP contribution < -0.4 is 10.5 Å². The number of aromatic hydroxyl groups is 1. The average molecular weight is 206 g/mol. The summed E-state index contributed by atoms with van der Waals surface area (Å²) in [7, 11) is 1.43. The van der Waals surface area contributed by atoms with Gasteiger partial charge in [0.25, 0.3) is 0 Å². The summed E-state index contributed by atoms with van der Waals surface area (Å²) in [6.07, 6.45) is 1.58. The molecule has 80 valence electrons. The van der Waals surface area contributed by atoms with E-state index in [4.69, 9.17) is 15.7 Å². The first-order valence-electron chi connectivity index (χ1n) is 4.73. The summed E-state index contributed by atoms with van der Waals surface area (Å²) >= 11 is 0. The van der Waals surface area contributed by atoms with E-state index in [0.717, 1.165) is 18.4 Å². The SMILES string of the molecule is COc1c(O)cc(CCCN)cc1C#N. The summed E-state index contributed by atoms with van der Waals surface area (Å²) in [5, 5.41) is 18.5. The second-order valence-corrected chi connectivity index (χ2v) is 3.20. The van der Waals surface area contributed by atoms with Gasteiger partial charge in [-0.1, -0.05) is 0 Å². The highest BCUT2D eigenvalue weighted by Gasteiger charge is 2.10. The Balaban J connectivity index is 3.04. The van der Waals surface area contributed by atoms with E-state index in [2.05, 4.69) is 0 Å². The molecule has 0 radical (unpaired) electrons. The lowest BCUT2D eigenvalue weighted by Gasteiger charge is -2.08. The highest BCUT2D eigenvalue weighted by molar-refractivity contribution is 5.54. The zero-order chi connectivity index (χ0) is 11.3. The molecule has 0 fully saturated rings. The Morgan fingerprint density at radius 1 is 1.53 bits per heavy atom. The van der Waals surface area contributed by atoms with E-state index in [9.17, 15) is 5.11 Å². The van der Waals surface area contributed by atoms with Gasteiger partial charge in [-0.05, 0) is 37.1 Å². The number of nitrogens with two attached hydrogens (primary N) is 1. The maximum Gasteiger partial charge on any atom is 0.178 e. The third-order valence-corrected chi connectivity index (χ3v) is 2.12. The van der Waals surface area contributed by atoms with Gasteiger partial charge in [-0.3, -0.25) is 0 Å². The van der Waals surface area contributed by atoms with Crippen molar-refractivity contribution < 1.29 is 9.84 Å². The van der Waals surface area contributed by atoms with E-state index in [1.165, 1.54) is 7.11 Å². The van der Waals surface area contributed by atoms with Gasteiger partial charge in [0.2, 0.25) is 0 Å². The molecular weight excluding hydrogens is 192 g/mol. The maximum atomic E-state index is 9.60. The number of phenolic OH excluding ortho intramolecular Hbond substituents is 1. The summed E-state index contributed by atoms with van der Waals surface area (Å²) < 4.78 is 4.93. The third kappa shape index (κ3) is 2.61. The first-order valence-corrected chi connectivity index (χ1v) is 4.73. The summed E-state index contributed by atoms with van der Waals surface area (Å²) in [6, 6.07) is 5.31. The molecule has 1 aromatic carbocycles. The molecule has 0 bridgehead atoms. The number of nitrogens with zero attached hydrogens (tertiary/aromatic N) is 1. The minimum Gasteiger partial charge on any atom is -0.504 e. The van der Waals surface area contributed by atoms with Crippen LogP contribution in [0, 0.1) is 11.3 Å². The van der Waals surface area contributed by atoms with Gasteiger partial charge in [0.1, 0.15) is 6.07 Å². The van der Waals surface area contributed by atoms with Crippen molar-refractivity contribution in [2.24, 2.45) is 5.73 Å². The Morgan fingerprint density at radius 3 is 2.80 bits per heavy atom. The fraction of sp³-hybridized carbons (Fsp3) is 0.364. The van der Waals surface area contributed by atoms with Gasteiger partial charge < -0.3 is 15.6 Å². The first-order chi connectivity index (χ1) is 7.22. The lowest BCUT2D eigenvalue weighted by atomic mass is 10.1. The van der Waals surface area contributed by atoms with Crippen molar-refractivity contribution in [2.75, 3.05) is 13.7 Å². The maximum absolute atomic E-state index is 9.60. The zero-order valence-electron chi connectivity index (χ0n) is 8.66. The fourth-order valence-corrected chi connectivity index (χ4v) is 1.42. The molecule has 0 saturated heterocycles. The average Bonchev–Trinajstić information content (AvgIpc) is 2.25. The smallest absolute Gasteiger partial charge is 0.178 e. The van der Waals surface area contributed by atoms with Crippen LogP contribution in [0.2, 0.25) is 0 Å². The summed E-state index contributed by atoms with van der Waals surface area (Å²) in [6.45, 7) is 0.592. The molecule has 15 heavy (non-hydrogen) atoms. The number of aryl methyl sites for hydroxylation is 1. The van der Waals surface area contributed by atoms with Crippen LogP contribution in [-0.2, 0) is 6.42 Å². The normalized spacial score (nSPS) is 9.67. The largest absolute Gasteiger partial charge is 0.504 e. The van der Waals surface area contributed by atoms with Crippen molar-refractivity contribution in [1.29, 1.82) is 5.26 Å². The van der Waals surface area contributed by atoms with E-state index < -0.39 is 0 Å². The van der Waals surface area contributed by atoms with Gasteiger partial charge in [0.15, 0.2) is 11.5 Å². The Bertz CT molecular complexity index is 383. The monoisotopic (exact) mass is 206 g/mol. The second kappa shape index (κ2) is 5.23. The number of hydrogen-bond donors (Lipinski definition) is 2. The van der Waals surface area contributed by atoms with Gasteiger partial charge in [-0.25, -0.2) is 0 Å². The lowest BCUT2D eigenvalue weighted by Crippen LogP contribution is -2.01. The van der Waals surface area contributed by atoms with E-state index in [-0.39, 0.29) is 11.5 Å². The van der Waals surface area contributed by atoms with Gasteiger partial charge in [0, 0.05) is 0 Å². The van der Waals surface area contributed by atoms with Gasteiger partial charge in [0.05, 0.1) is 12.7 Å². The van der Waals surface area contributed by atoms with Crippen molar-refractivity contribution in [3.8, 4) is 17.6 Å². The molecule has 0 spiro atoms. The molecule has 0 aliphatic heterocycles. The van der Waals surface area contributed by atoms with E-state index in [0.29, 0.717) is 12.1 Å². The number of rotatable bonds is 4. The van der Waals surface area contributed by atoms with E-state index >= 15 is 0 Å². The number of nitriles is 1. The number of methoxy groups -OCH3 is 1. The predicted octanol–water partition coefficient (Wildman–Crippen LogP) is 1.16. The van der Waals surface area contributed by atoms with Gasteiger partial charge in [-0.15, -0.1) is 0 Å². The molecule has 1 aromatic rings.